The van der Waals surface area contributed by atoms with Crippen LogP contribution in [0.15, 0.2) is 12.4 Å². The van der Waals surface area contributed by atoms with E-state index in [4.69, 9.17) is 0 Å². The Morgan fingerprint density at radius 3 is 2.67 bits per heavy atom. The molecule has 0 unspecified atom stereocenters. The molecule has 0 bridgehead atoms. The molecule has 2 fully saturated rings. The van der Waals surface area contributed by atoms with E-state index in [0.717, 1.165) is 51.7 Å². The van der Waals surface area contributed by atoms with Gasteiger partial charge in [-0.3, -0.25) is 14.3 Å². The van der Waals surface area contributed by atoms with Gasteiger partial charge in [0.05, 0.1) is 11.8 Å². The summed E-state index contributed by atoms with van der Waals surface area (Å²) in [6.07, 6.45) is 12.0. The molecule has 0 aromatic carbocycles. The molecular formula is C20H33N5O2. The van der Waals surface area contributed by atoms with Crippen LogP contribution in [-0.4, -0.2) is 58.2 Å². The second-order valence-electron chi connectivity index (χ2n) is 7.81. The highest BCUT2D eigenvalue weighted by Crippen LogP contribution is 2.18. The van der Waals surface area contributed by atoms with Gasteiger partial charge in [0.2, 0.25) is 5.91 Å². The lowest BCUT2D eigenvalue weighted by Gasteiger charge is -2.34. The van der Waals surface area contributed by atoms with Crippen LogP contribution in [0.2, 0.25) is 0 Å². The third kappa shape index (κ3) is 5.54. The van der Waals surface area contributed by atoms with Gasteiger partial charge in [0.15, 0.2) is 0 Å². The van der Waals surface area contributed by atoms with E-state index in [1.807, 2.05) is 4.90 Å². The molecular weight excluding hydrogens is 342 g/mol. The second kappa shape index (κ2) is 9.88. The third-order valence-corrected chi connectivity index (χ3v) is 5.63. The van der Waals surface area contributed by atoms with Crippen molar-refractivity contribution in [2.24, 2.45) is 0 Å². The molecule has 2 N–H and O–H groups in total. The normalized spacial score (nSPS) is 19.0. The monoisotopic (exact) mass is 375 g/mol. The Hall–Kier alpha value is -1.89. The number of nitrogens with zero attached hydrogens (tertiary/aromatic N) is 3. The Labute approximate surface area is 161 Å². The van der Waals surface area contributed by atoms with Crippen molar-refractivity contribution in [3.05, 3.63) is 18.0 Å². The van der Waals surface area contributed by atoms with E-state index >= 15 is 0 Å². The van der Waals surface area contributed by atoms with Crippen LogP contribution in [-0.2, 0) is 11.3 Å². The topological polar surface area (TPSA) is 79.3 Å². The molecule has 1 aliphatic heterocycles. The van der Waals surface area contributed by atoms with Crippen LogP contribution in [0.4, 0.5) is 0 Å². The fourth-order valence-corrected chi connectivity index (χ4v) is 4.20. The molecule has 0 radical (unpaired) electrons. The predicted octanol–water partition coefficient (Wildman–Crippen LogP) is 1.94. The van der Waals surface area contributed by atoms with Crippen LogP contribution in [0.1, 0.15) is 68.6 Å². The lowest BCUT2D eigenvalue weighted by molar-refractivity contribution is -0.122. The van der Waals surface area contributed by atoms with Gasteiger partial charge in [-0.2, -0.15) is 5.10 Å². The second-order valence-corrected chi connectivity index (χ2v) is 7.81. The first-order chi connectivity index (χ1) is 13.2. The van der Waals surface area contributed by atoms with Gasteiger partial charge >= 0.3 is 0 Å². The standard InChI is InChI=1S/C20H33N5O2/c1-2-12-25(18-8-10-21-11-9-18)20(27)16-13-22-24(14-16)15-19(26)23-17-6-4-3-5-7-17/h13-14,17-18,21H,2-12,15H2,1H3,(H,23,26). The molecule has 7 nitrogen and oxygen atoms in total. The Morgan fingerprint density at radius 2 is 1.96 bits per heavy atom. The Morgan fingerprint density at radius 1 is 1.22 bits per heavy atom. The van der Waals surface area contributed by atoms with Crippen molar-refractivity contribution < 1.29 is 9.59 Å². The number of amides is 2. The van der Waals surface area contributed by atoms with E-state index in [0.29, 0.717) is 11.6 Å². The van der Waals surface area contributed by atoms with Gasteiger partial charge in [0.25, 0.3) is 5.91 Å². The number of carbonyl (C=O) groups excluding carboxylic acids is 2. The van der Waals surface area contributed by atoms with Crippen LogP contribution < -0.4 is 10.6 Å². The maximum atomic E-state index is 13.0. The van der Waals surface area contributed by atoms with Crippen LogP contribution in [0, 0.1) is 0 Å². The van der Waals surface area contributed by atoms with E-state index in [2.05, 4.69) is 22.7 Å². The molecule has 2 amide bonds. The van der Waals surface area contributed by atoms with Crippen LogP contribution in [0.5, 0.6) is 0 Å². The summed E-state index contributed by atoms with van der Waals surface area (Å²) < 4.78 is 1.58. The first-order valence-corrected chi connectivity index (χ1v) is 10.5. The maximum absolute atomic E-state index is 13.0. The van der Waals surface area contributed by atoms with E-state index in [-0.39, 0.29) is 24.4 Å². The van der Waals surface area contributed by atoms with Crippen molar-refractivity contribution in [2.75, 3.05) is 19.6 Å². The van der Waals surface area contributed by atoms with Crippen molar-refractivity contribution in [3.8, 4) is 0 Å². The van der Waals surface area contributed by atoms with Crippen LogP contribution in [0.25, 0.3) is 0 Å². The van der Waals surface area contributed by atoms with Gasteiger partial charge < -0.3 is 15.5 Å². The highest BCUT2D eigenvalue weighted by molar-refractivity contribution is 5.94. The largest absolute Gasteiger partial charge is 0.352 e. The molecule has 1 saturated carbocycles. The molecule has 0 spiro atoms. The van der Waals surface area contributed by atoms with Crippen molar-refractivity contribution >= 4 is 11.8 Å². The maximum Gasteiger partial charge on any atom is 0.257 e. The highest BCUT2D eigenvalue weighted by Gasteiger charge is 2.26. The van der Waals surface area contributed by atoms with Crippen molar-refractivity contribution in [2.45, 2.75) is 76.9 Å². The molecule has 1 aromatic heterocycles. The van der Waals surface area contributed by atoms with E-state index in [1.54, 1.807) is 17.1 Å². The minimum atomic E-state index is -0.0206. The minimum absolute atomic E-state index is 0.0206. The summed E-state index contributed by atoms with van der Waals surface area (Å²) in [7, 11) is 0. The van der Waals surface area contributed by atoms with E-state index < -0.39 is 0 Å². The van der Waals surface area contributed by atoms with Crippen molar-refractivity contribution in [1.82, 2.24) is 25.3 Å². The van der Waals surface area contributed by atoms with E-state index in [9.17, 15) is 9.59 Å². The smallest absolute Gasteiger partial charge is 0.257 e. The minimum Gasteiger partial charge on any atom is -0.352 e. The molecule has 1 saturated heterocycles. The van der Waals surface area contributed by atoms with Gasteiger partial charge in [-0.25, -0.2) is 0 Å². The number of rotatable bonds is 7. The summed E-state index contributed by atoms with van der Waals surface area (Å²) >= 11 is 0. The number of carbonyl (C=O) groups is 2. The van der Waals surface area contributed by atoms with Gasteiger partial charge in [0.1, 0.15) is 6.54 Å². The summed E-state index contributed by atoms with van der Waals surface area (Å²) in [5, 5.41) is 10.7. The zero-order valence-electron chi connectivity index (χ0n) is 16.5. The van der Waals surface area contributed by atoms with Gasteiger partial charge in [-0.15, -0.1) is 0 Å². The third-order valence-electron chi connectivity index (χ3n) is 5.63. The zero-order chi connectivity index (χ0) is 19.1. The fraction of sp³-hybridized carbons (Fsp3) is 0.750. The number of hydrogen-bond donors (Lipinski definition) is 2. The highest BCUT2D eigenvalue weighted by atomic mass is 16.2. The SMILES string of the molecule is CCCN(C(=O)c1cnn(CC(=O)NC2CCCCC2)c1)C1CCNCC1. The predicted molar refractivity (Wildman–Crippen MR) is 104 cm³/mol. The first kappa shape index (κ1) is 19.9. The van der Waals surface area contributed by atoms with E-state index in [1.165, 1.54) is 19.3 Å². The Bertz CT molecular complexity index is 618. The van der Waals surface area contributed by atoms with Crippen LogP contribution in [0.3, 0.4) is 0 Å². The number of piperidine rings is 1. The number of hydrogen-bond acceptors (Lipinski definition) is 4. The van der Waals surface area contributed by atoms with Gasteiger partial charge in [-0.05, 0) is 45.2 Å². The number of nitrogens with one attached hydrogen (secondary N) is 2. The van der Waals surface area contributed by atoms with Crippen molar-refractivity contribution in [1.29, 1.82) is 0 Å². The molecule has 1 aromatic rings. The lowest BCUT2D eigenvalue weighted by Crippen LogP contribution is -2.46. The first-order valence-electron chi connectivity index (χ1n) is 10.5. The van der Waals surface area contributed by atoms with Crippen molar-refractivity contribution in [3.63, 3.8) is 0 Å². The summed E-state index contributed by atoms with van der Waals surface area (Å²) in [4.78, 5) is 27.3. The summed E-state index contributed by atoms with van der Waals surface area (Å²) in [5.41, 5.74) is 0.576. The molecule has 0 atom stereocenters. The van der Waals surface area contributed by atoms with Gasteiger partial charge in [0, 0.05) is 24.8 Å². The zero-order valence-corrected chi connectivity index (χ0v) is 16.5. The molecule has 1 aliphatic carbocycles. The quantitative estimate of drug-likeness (QED) is 0.763. The number of aromatic nitrogens is 2. The molecule has 27 heavy (non-hydrogen) atoms. The Kier molecular flexibility index (Phi) is 7.26. The lowest BCUT2D eigenvalue weighted by atomic mass is 9.95. The Balaban J connectivity index is 1.57. The average molecular weight is 376 g/mol. The van der Waals surface area contributed by atoms with Crippen LogP contribution >= 0.6 is 0 Å². The fourth-order valence-electron chi connectivity index (χ4n) is 4.20. The molecule has 150 valence electrons. The average Bonchev–Trinajstić information content (AvgIpc) is 3.15. The molecule has 3 rings (SSSR count). The van der Waals surface area contributed by atoms with Gasteiger partial charge in [-0.1, -0.05) is 26.2 Å². The summed E-state index contributed by atoms with van der Waals surface area (Å²) in [6, 6.07) is 0.583. The molecule has 2 heterocycles. The summed E-state index contributed by atoms with van der Waals surface area (Å²) in [5.74, 6) is 0.00968. The summed E-state index contributed by atoms with van der Waals surface area (Å²) in [6.45, 7) is 4.94. The molecule has 7 heteroatoms. The molecule has 2 aliphatic rings.